The Bertz CT molecular complexity index is 873. The van der Waals surface area contributed by atoms with Crippen molar-refractivity contribution in [3.8, 4) is 0 Å². The number of halogens is 1. The molecule has 0 bridgehead atoms. The summed E-state index contributed by atoms with van der Waals surface area (Å²) in [4.78, 5) is 15.1. The highest BCUT2D eigenvalue weighted by molar-refractivity contribution is 5.90. The minimum absolute atomic E-state index is 0.0565. The molecule has 1 aliphatic heterocycles. The molecular weight excluding hydrogens is 309 g/mol. The number of aromatic nitrogens is 4. The number of nitrogens with zero attached hydrogens (tertiary/aromatic N) is 5. The molecule has 0 saturated carbocycles. The SMILES string of the molecule is CC(C)c1nc(C2CCCN2c2ncnc3cccc(F)c23)no1. The van der Waals surface area contributed by atoms with Crippen LogP contribution in [-0.2, 0) is 0 Å². The number of anilines is 1. The van der Waals surface area contributed by atoms with Gasteiger partial charge in [-0.3, -0.25) is 0 Å². The maximum Gasteiger partial charge on any atom is 0.229 e. The molecule has 3 heterocycles. The molecule has 24 heavy (non-hydrogen) atoms. The van der Waals surface area contributed by atoms with E-state index in [-0.39, 0.29) is 17.8 Å². The average molecular weight is 327 g/mol. The quantitative estimate of drug-likeness (QED) is 0.732. The molecule has 0 amide bonds. The van der Waals surface area contributed by atoms with Gasteiger partial charge in [0.1, 0.15) is 18.0 Å². The standard InChI is InChI=1S/C17H18FN5O/c1-10(2)17-21-15(22-24-17)13-7-4-8-23(13)16-14-11(18)5-3-6-12(14)19-9-20-16/h3,5-6,9-10,13H,4,7-8H2,1-2H3. The van der Waals surface area contributed by atoms with Crippen molar-refractivity contribution in [1.82, 2.24) is 20.1 Å². The van der Waals surface area contributed by atoms with Gasteiger partial charge < -0.3 is 9.42 Å². The zero-order valence-corrected chi connectivity index (χ0v) is 13.6. The fourth-order valence-electron chi connectivity index (χ4n) is 3.18. The van der Waals surface area contributed by atoms with Crippen LogP contribution in [0, 0.1) is 5.82 Å². The number of fused-ring (bicyclic) bond motifs is 1. The largest absolute Gasteiger partial charge is 0.346 e. The van der Waals surface area contributed by atoms with E-state index in [0.717, 1.165) is 19.4 Å². The van der Waals surface area contributed by atoms with Crippen LogP contribution in [0.3, 0.4) is 0 Å². The summed E-state index contributed by atoms with van der Waals surface area (Å²) in [6.07, 6.45) is 3.33. The topological polar surface area (TPSA) is 67.9 Å². The van der Waals surface area contributed by atoms with Crippen LogP contribution < -0.4 is 4.90 Å². The van der Waals surface area contributed by atoms with Crippen molar-refractivity contribution in [3.05, 3.63) is 42.1 Å². The van der Waals surface area contributed by atoms with Crippen molar-refractivity contribution >= 4 is 16.7 Å². The molecule has 4 rings (SSSR count). The Hall–Kier alpha value is -2.57. The molecule has 2 aromatic heterocycles. The molecule has 1 saturated heterocycles. The minimum Gasteiger partial charge on any atom is -0.346 e. The van der Waals surface area contributed by atoms with Crippen LogP contribution in [0.2, 0.25) is 0 Å². The van der Waals surface area contributed by atoms with Gasteiger partial charge in [-0.15, -0.1) is 0 Å². The monoisotopic (exact) mass is 327 g/mol. The Labute approximate surface area is 138 Å². The lowest BCUT2D eigenvalue weighted by Gasteiger charge is -2.24. The van der Waals surface area contributed by atoms with E-state index < -0.39 is 0 Å². The van der Waals surface area contributed by atoms with Gasteiger partial charge in [0.25, 0.3) is 0 Å². The third-order valence-electron chi connectivity index (χ3n) is 4.37. The second kappa shape index (κ2) is 5.81. The third kappa shape index (κ3) is 2.40. The van der Waals surface area contributed by atoms with Crippen LogP contribution in [0.5, 0.6) is 0 Å². The van der Waals surface area contributed by atoms with Crippen molar-refractivity contribution < 1.29 is 8.91 Å². The molecule has 0 spiro atoms. The second-order valence-corrected chi connectivity index (χ2v) is 6.33. The van der Waals surface area contributed by atoms with E-state index in [9.17, 15) is 4.39 Å². The predicted octanol–water partition coefficient (Wildman–Crippen LogP) is 3.62. The lowest BCUT2D eigenvalue weighted by atomic mass is 10.1. The highest BCUT2D eigenvalue weighted by atomic mass is 19.1. The summed E-state index contributed by atoms with van der Waals surface area (Å²) in [6.45, 7) is 4.80. The predicted molar refractivity (Wildman–Crippen MR) is 87.2 cm³/mol. The van der Waals surface area contributed by atoms with Gasteiger partial charge in [-0.05, 0) is 25.0 Å². The Balaban J connectivity index is 1.78. The van der Waals surface area contributed by atoms with E-state index >= 15 is 0 Å². The van der Waals surface area contributed by atoms with Gasteiger partial charge in [-0.1, -0.05) is 25.1 Å². The van der Waals surface area contributed by atoms with Crippen molar-refractivity contribution in [2.24, 2.45) is 0 Å². The normalized spacial score (nSPS) is 18.0. The molecule has 124 valence electrons. The van der Waals surface area contributed by atoms with Crippen LogP contribution in [0.4, 0.5) is 10.2 Å². The van der Waals surface area contributed by atoms with Crippen molar-refractivity contribution in [1.29, 1.82) is 0 Å². The number of hydrogen-bond acceptors (Lipinski definition) is 6. The first kappa shape index (κ1) is 15.0. The molecule has 7 heteroatoms. The molecular formula is C17H18FN5O. The van der Waals surface area contributed by atoms with Gasteiger partial charge in [0, 0.05) is 12.5 Å². The van der Waals surface area contributed by atoms with Crippen LogP contribution in [0.25, 0.3) is 10.9 Å². The summed E-state index contributed by atoms with van der Waals surface area (Å²) >= 11 is 0. The van der Waals surface area contributed by atoms with Crippen molar-refractivity contribution in [2.75, 3.05) is 11.4 Å². The van der Waals surface area contributed by atoms with E-state index in [1.807, 2.05) is 13.8 Å². The minimum atomic E-state index is -0.315. The van der Waals surface area contributed by atoms with Crippen LogP contribution >= 0.6 is 0 Å². The Morgan fingerprint density at radius 2 is 2.17 bits per heavy atom. The zero-order valence-electron chi connectivity index (χ0n) is 13.6. The average Bonchev–Trinajstić information content (AvgIpc) is 3.23. The molecule has 0 radical (unpaired) electrons. The molecule has 3 aromatic rings. The lowest BCUT2D eigenvalue weighted by Crippen LogP contribution is -2.25. The van der Waals surface area contributed by atoms with Gasteiger partial charge in [0.15, 0.2) is 5.82 Å². The first-order chi connectivity index (χ1) is 11.6. The van der Waals surface area contributed by atoms with Gasteiger partial charge in [-0.25, -0.2) is 14.4 Å². The third-order valence-corrected chi connectivity index (χ3v) is 4.37. The van der Waals surface area contributed by atoms with Gasteiger partial charge in [0.2, 0.25) is 5.89 Å². The van der Waals surface area contributed by atoms with E-state index in [1.165, 1.54) is 12.4 Å². The van der Waals surface area contributed by atoms with Gasteiger partial charge in [-0.2, -0.15) is 4.98 Å². The molecule has 0 N–H and O–H groups in total. The summed E-state index contributed by atoms with van der Waals surface area (Å²) in [5.74, 6) is 1.72. The highest BCUT2D eigenvalue weighted by Crippen LogP contribution is 2.37. The molecule has 6 nitrogen and oxygen atoms in total. The Kier molecular flexibility index (Phi) is 3.63. The van der Waals surface area contributed by atoms with E-state index in [4.69, 9.17) is 4.52 Å². The second-order valence-electron chi connectivity index (χ2n) is 6.33. The first-order valence-electron chi connectivity index (χ1n) is 8.14. The van der Waals surface area contributed by atoms with E-state index in [0.29, 0.717) is 28.4 Å². The summed E-state index contributed by atoms with van der Waals surface area (Å²) in [6, 6.07) is 4.83. The summed E-state index contributed by atoms with van der Waals surface area (Å²) in [5, 5.41) is 4.58. The zero-order chi connectivity index (χ0) is 16.7. The maximum absolute atomic E-state index is 14.4. The molecule has 1 fully saturated rings. The highest BCUT2D eigenvalue weighted by Gasteiger charge is 2.32. The number of hydrogen-bond donors (Lipinski definition) is 0. The number of benzene rings is 1. The maximum atomic E-state index is 14.4. The molecule has 1 aromatic carbocycles. The van der Waals surface area contributed by atoms with E-state index in [1.54, 1.807) is 12.1 Å². The van der Waals surface area contributed by atoms with Gasteiger partial charge in [0.05, 0.1) is 16.9 Å². The fourth-order valence-corrected chi connectivity index (χ4v) is 3.18. The van der Waals surface area contributed by atoms with E-state index in [2.05, 4.69) is 25.0 Å². The Morgan fingerprint density at radius 1 is 1.29 bits per heavy atom. The fraction of sp³-hybridized carbons (Fsp3) is 0.412. The molecule has 1 aliphatic rings. The van der Waals surface area contributed by atoms with Crippen LogP contribution in [-0.4, -0.2) is 26.7 Å². The summed E-state index contributed by atoms with van der Waals surface area (Å²) in [5.41, 5.74) is 0.599. The van der Waals surface area contributed by atoms with Gasteiger partial charge >= 0.3 is 0 Å². The molecule has 0 aliphatic carbocycles. The van der Waals surface area contributed by atoms with Crippen molar-refractivity contribution in [3.63, 3.8) is 0 Å². The summed E-state index contributed by atoms with van der Waals surface area (Å²) in [7, 11) is 0. The van der Waals surface area contributed by atoms with Crippen LogP contribution in [0.1, 0.15) is 50.4 Å². The summed E-state index contributed by atoms with van der Waals surface area (Å²) < 4.78 is 19.7. The lowest BCUT2D eigenvalue weighted by molar-refractivity contribution is 0.358. The van der Waals surface area contributed by atoms with Crippen molar-refractivity contribution in [2.45, 2.75) is 38.6 Å². The molecule has 1 unspecified atom stereocenters. The Morgan fingerprint density at radius 3 is 2.96 bits per heavy atom. The first-order valence-corrected chi connectivity index (χ1v) is 8.14. The van der Waals surface area contributed by atoms with Crippen LogP contribution in [0.15, 0.2) is 29.0 Å². The molecule has 1 atom stereocenters. The smallest absolute Gasteiger partial charge is 0.229 e. The number of rotatable bonds is 3.